The second kappa shape index (κ2) is 8.74. The Morgan fingerprint density at radius 1 is 0.964 bits per heavy atom. The predicted octanol–water partition coefficient (Wildman–Crippen LogP) is 4.11. The third kappa shape index (κ3) is 4.36. The maximum atomic E-state index is 13.1. The van der Waals surface area contributed by atoms with E-state index in [9.17, 15) is 9.18 Å². The van der Waals surface area contributed by atoms with Crippen molar-refractivity contribution < 1.29 is 13.9 Å². The molecule has 1 aliphatic carbocycles. The highest BCUT2D eigenvalue weighted by molar-refractivity contribution is 5.97. The van der Waals surface area contributed by atoms with Crippen LogP contribution in [0.2, 0.25) is 0 Å². The number of hydrogen-bond donors (Lipinski definition) is 0. The normalized spacial score (nSPS) is 18.4. The number of para-hydroxylation sites is 1. The molecule has 0 radical (unpaired) electrons. The monoisotopic (exact) mass is 382 g/mol. The minimum absolute atomic E-state index is 0.0285. The van der Waals surface area contributed by atoms with E-state index in [0.29, 0.717) is 24.0 Å². The number of halogens is 1. The molecule has 1 saturated heterocycles. The first-order chi connectivity index (χ1) is 13.7. The first-order valence-electron chi connectivity index (χ1n) is 10.2. The molecule has 0 aromatic heterocycles. The zero-order valence-electron chi connectivity index (χ0n) is 16.1. The Balaban J connectivity index is 1.38. The van der Waals surface area contributed by atoms with Gasteiger partial charge in [0.1, 0.15) is 18.2 Å². The van der Waals surface area contributed by atoms with E-state index < -0.39 is 0 Å². The quantitative estimate of drug-likeness (QED) is 0.780. The van der Waals surface area contributed by atoms with E-state index in [2.05, 4.69) is 4.90 Å². The van der Waals surface area contributed by atoms with Gasteiger partial charge in [-0.15, -0.1) is 0 Å². The SMILES string of the molecule is O=C(c1ccccc1OCc1ccc(F)cc1)N1CCN(C2CCCC2)CC1. The van der Waals surface area contributed by atoms with Crippen LogP contribution in [0.3, 0.4) is 0 Å². The molecule has 0 spiro atoms. The molecule has 4 rings (SSSR count). The highest BCUT2D eigenvalue weighted by Gasteiger charge is 2.29. The van der Waals surface area contributed by atoms with Crippen LogP contribution in [0.5, 0.6) is 5.75 Å². The number of rotatable bonds is 5. The van der Waals surface area contributed by atoms with Gasteiger partial charge < -0.3 is 9.64 Å². The fraction of sp³-hybridized carbons (Fsp3) is 0.435. The first kappa shape index (κ1) is 18.9. The lowest BCUT2D eigenvalue weighted by molar-refractivity contribution is 0.0569. The molecule has 28 heavy (non-hydrogen) atoms. The van der Waals surface area contributed by atoms with Crippen LogP contribution in [-0.4, -0.2) is 47.9 Å². The highest BCUT2D eigenvalue weighted by atomic mass is 19.1. The van der Waals surface area contributed by atoms with Crippen molar-refractivity contribution in [3.05, 3.63) is 65.5 Å². The second-order valence-electron chi connectivity index (χ2n) is 7.68. The van der Waals surface area contributed by atoms with Gasteiger partial charge in [0.05, 0.1) is 5.56 Å². The number of nitrogens with zero attached hydrogens (tertiary/aromatic N) is 2. The number of hydrogen-bond acceptors (Lipinski definition) is 3. The van der Waals surface area contributed by atoms with E-state index in [1.165, 1.54) is 37.8 Å². The molecule has 1 saturated carbocycles. The van der Waals surface area contributed by atoms with Gasteiger partial charge in [0.15, 0.2) is 0 Å². The van der Waals surface area contributed by atoms with Gasteiger partial charge in [-0.05, 0) is 42.7 Å². The van der Waals surface area contributed by atoms with Crippen molar-refractivity contribution >= 4 is 5.91 Å². The molecule has 4 nitrogen and oxygen atoms in total. The van der Waals surface area contributed by atoms with Crippen LogP contribution in [0.4, 0.5) is 4.39 Å². The van der Waals surface area contributed by atoms with E-state index in [1.54, 1.807) is 12.1 Å². The Hall–Kier alpha value is -2.40. The van der Waals surface area contributed by atoms with Crippen molar-refractivity contribution in [2.45, 2.75) is 38.3 Å². The average molecular weight is 382 g/mol. The number of carbonyl (C=O) groups is 1. The zero-order chi connectivity index (χ0) is 19.3. The molecule has 5 heteroatoms. The Morgan fingerprint density at radius 3 is 2.36 bits per heavy atom. The number of piperazine rings is 1. The summed E-state index contributed by atoms with van der Waals surface area (Å²) < 4.78 is 19.0. The maximum absolute atomic E-state index is 13.1. The van der Waals surface area contributed by atoms with Crippen molar-refractivity contribution in [3.63, 3.8) is 0 Å². The standard InChI is InChI=1S/C23H27FN2O2/c24-19-11-9-18(10-12-19)17-28-22-8-4-3-7-21(22)23(27)26-15-13-25(14-16-26)20-5-1-2-6-20/h3-4,7-12,20H,1-2,5-6,13-17H2. The smallest absolute Gasteiger partial charge is 0.257 e. The molecule has 1 aliphatic heterocycles. The first-order valence-corrected chi connectivity index (χ1v) is 10.2. The van der Waals surface area contributed by atoms with Crippen molar-refractivity contribution in [1.82, 2.24) is 9.80 Å². The fourth-order valence-corrected chi connectivity index (χ4v) is 4.24. The molecular formula is C23H27FN2O2. The lowest BCUT2D eigenvalue weighted by Gasteiger charge is -2.38. The largest absolute Gasteiger partial charge is 0.488 e. The third-order valence-electron chi connectivity index (χ3n) is 5.87. The fourth-order valence-electron chi connectivity index (χ4n) is 4.24. The summed E-state index contributed by atoms with van der Waals surface area (Å²) in [7, 11) is 0. The van der Waals surface area contributed by atoms with Crippen molar-refractivity contribution in [1.29, 1.82) is 0 Å². The highest BCUT2D eigenvalue weighted by Crippen LogP contribution is 2.26. The van der Waals surface area contributed by atoms with Gasteiger partial charge >= 0.3 is 0 Å². The molecule has 0 atom stereocenters. The Kier molecular flexibility index (Phi) is 5.91. The van der Waals surface area contributed by atoms with Crippen molar-refractivity contribution in [2.24, 2.45) is 0 Å². The summed E-state index contributed by atoms with van der Waals surface area (Å²) in [5.74, 6) is 0.340. The lowest BCUT2D eigenvalue weighted by Crippen LogP contribution is -2.51. The second-order valence-corrected chi connectivity index (χ2v) is 7.68. The van der Waals surface area contributed by atoms with Crippen LogP contribution in [0.15, 0.2) is 48.5 Å². The molecule has 0 N–H and O–H groups in total. The molecule has 148 valence electrons. The molecule has 2 aromatic carbocycles. The Bertz CT molecular complexity index is 795. The number of ether oxygens (including phenoxy) is 1. The molecule has 2 aromatic rings. The molecule has 1 amide bonds. The van der Waals surface area contributed by atoms with Crippen molar-refractivity contribution in [2.75, 3.05) is 26.2 Å². The minimum Gasteiger partial charge on any atom is -0.488 e. The van der Waals surface area contributed by atoms with Crippen LogP contribution in [-0.2, 0) is 6.61 Å². The molecule has 0 unspecified atom stereocenters. The van der Waals surface area contributed by atoms with Crippen LogP contribution in [0.1, 0.15) is 41.6 Å². The molecule has 2 fully saturated rings. The van der Waals surface area contributed by atoms with E-state index in [-0.39, 0.29) is 11.7 Å². The van der Waals surface area contributed by atoms with Gasteiger partial charge in [-0.3, -0.25) is 9.69 Å². The zero-order valence-corrected chi connectivity index (χ0v) is 16.1. The van der Waals surface area contributed by atoms with Gasteiger partial charge in [0.25, 0.3) is 5.91 Å². The Labute approximate surface area is 165 Å². The van der Waals surface area contributed by atoms with E-state index in [1.807, 2.05) is 29.2 Å². The summed E-state index contributed by atoms with van der Waals surface area (Å²) >= 11 is 0. The molecule has 0 bridgehead atoms. The van der Waals surface area contributed by atoms with Crippen LogP contribution in [0.25, 0.3) is 0 Å². The van der Waals surface area contributed by atoms with Gasteiger partial charge in [0, 0.05) is 32.2 Å². The van der Waals surface area contributed by atoms with E-state index >= 15 is 0 Å². The lowest BCUT2D eigenvalue weighted by atomic mass is 10.1. The minimum atomic E-state index is -0.268. The molecule has 1 heterocycles. The predicted molar refractivity (Wildman–Crippen MR) is 107 cm³/mol. The average Bonchev–Trinajstić information content (AvgIpc) is 3.28. The topological polar surface area (TPSA) is 32.8 Å². The summed E-state index contributed by atoms with van der Waals surface area (Å²) in [6, 6.07) is 14.3. The van der Waals surface area contributed by atoms with Gasteiger partial charge in [0.2, 0.25) is 0 Å². The summed E-state index contributed by atoms with van der Waals surface area (Å²) in [5.41, 5.74) is 1.47. The summed E-state index contributed by atoms with van der Waals surface area (Å²) in [4.78, 5) is 17.6. The third-order valence-corrected chi connectivity index (χ3v) is 5.87. The number of carbonyl (C=O) groups excluding carboxylic acids is 1. The summed E-state index contributed by atoms with van der Waals surface area (Å²) in [6.07, 6.45) is 5.27. The molecular weight excluding hydrogens is 355 g/mol. The van der Waals surface area contributed by atoms with E-state index in [4.69, 9.17) is 4.74 Å². The van der Waals surface area contributed by atoms with Crippen LogP contribution >= 0.6 is 0 Å². The Morgan fingerprint density at radius 2 is 1.64 bits per heavy atom. The van der Waals surface area contributed by atoms with Crippen LogP contribution in [0, 0.1) is 5.82 Å². The van der Waals surface area contributed by atoms with Crippen molar-refractivity contribution in [3.8, 4) is 5.75 Å². The van der Waals surface area contributed by atoms with Gasteiger partial charge in [-0.25, -0.2) is 4.39 Å². The van der Waals surface area contributed by atoms with E-state index in [0.717, 1.165) is 31.7 Å². The van der Waals surface area contributed by atoms with Gasteiger partial charge in [-0.1, -0.05) is 37.1 Å². The molecule has 2 aliphatic rings. The summed E-state index contributed by atoms with van der Waals surface area (Å²) in [5, 5.41) is 0. The summed E-state index contributed by atoms with van der Waals surface area (Å²) in [6.45, 7) is 3.74. The number of amides is 1. The van der Waals surface area contributed by atoms with Gasteiger partial charge in [-0.2, -0.15) is 0 Å². The van der Waals surface area contributed by atoms with Crippen LogP contribution < -0.4 is 4.74 Å². The number of benzene rings is 2. The maximum Gasteiger partial charge on any atom is 0.257 e.